The summed E-state index contributed by atoms with van der Waals surface area (Å²) >= 11 is 0. The molecule has 0 aliphatic heterocycles. The van der Waals surface area contributed by atoms with E-state index in [4.69, 9.17) is 5.11 Å². The first-order chi connectivity index (χ1) is 3.00. The van der Waals surface area contributed by atoms with Crippen LogP contribution < -0.4 is 0 Å². The lowest BCUT2D eigenvalue weighted by atomic mass is 11.0. The molecule has 0 fully saturated rings. The van der Waals surface area contributed by atoms with Crippen molar-refractivity contribution in [2.75, 3.05) is 7.11 Å². The van der Waals surface area contributed by atoms with Gasteiger partial charge in [-0.25, -0.2) is 0 Å². The number of aliphatic hydroxyl groups excluding tert-OH is 1. The molecule has 58 valence electrons. The van der Waals surface area contributed by atoms with Gasteiger partial charge in [0.15, 0.2) is 0 Å². The number of aliphatic hydroxyl groups is 1. The third-order valence-corrected chi connectivity index (χ3v) is 0. The summed E-state index contributed by atoms with van der Waals surface area (Å²) in [6.07, 6.45) is 0. The van der Waals surface area contributed by atoms with E-state index >= 15 is 0 Å². The zero-order valence-electron chi connectivity index (χ0n) is 5.45. The molecular formula is C7H24O. The van der Waals surface area contributed by atoms with Gasteiger partial charge in [0.25, 0.3) is 0 Å². The molecule has 0 aromatic rings. The van der Waals surface area contributed by atoms with Crippen LogP contribution in [0.15, 0.2) is 0 Å². The molecule has 1 heteroatoms. The van der Waals surface area contributed by atoms with Gasteiger partial charge in [-0.2, -0.15) is 0 Å². The van der Waals surface area contributed by atoms with Gasteiger partial charge >= 0.3 is 0 Å². The van der Waals surface area contributed by atoms with Crippen molar-refractivity contribution >= 4 is 0 Å². The van der Waals surface area contributed by atoms with Crippen LogP contribution in [0.25, 0.3) is 0 Å². The van der Waals surface area contributed by atoms with E-state index in [1.807, 2.05) is 27.7 Å². The van der Waals surface area contributed by atoms with Crippen molar-refractivity contribution in [2.24, 2.45) is 0 Å². The fraction of sp³-hybridized carbons (Fsp3) is 1.00. The fourth-order valence-electron chi connectivity index (χ4n) is 0. The van der Waals surface area contributed by atoms with E-state index in [9.17, 15) is 0 Å². The molecule has 0 aromatic heterocycles. The molecule has 0 radical (unpaired) electrons. The summed E-state index contributed by atoms with van der Waals surface area (Å²) in [5, 5.41) is 7.00. The Morgan fingerprint density at radius 2 is 0.625 bits per heavy atom. The molecule has 0 spiro atoms. The Morgan fingerprint density at radius 1 is 0.625 bits per heavy atom. The highest BCUT2D eigenvalue weighted by Crippen LogP contribution is 1.15. The highest BCUT2D eigenvalue weighted by Gasteiger charge is 0.934. The summed E-state index contributed by atoms with van der Waals surface area (Å²) in [4.78, 5) is 0. The van der Waals surface area contributed by atoms with Crippen molar-refractivity contribution in [3.05, 3.63) is 0 Å². The Kier molecular flexibility index (Phi) is 850000. The second-order valence-corrected chi connectivity index (χ2v) is 0. The van der Waals surface area contributed by atoms with Gasteiger partial charge in [0.1, 0.15) is 0 Å². The van der Waals surface area contributed by atoms with Crippen LogP contribution in [0.2, 0.25) is 0 Å². The van der Waals surface area contributed by atoms with E-state index in [0.717, 1.165) is 7.11 Å². The van der Waals surface area contributed by atoms with Crippen molar-refractivity contribution in [1.29, 1.82) is 0 Å². The van der Waals surface area contributed by atoms with Gasteiger partial charge in [0.2, 0.25) is 0 Å². The zero-order valence-corrected chi connectivity index (χ0v) is 5.45. The van der Waals surface area contributed by atoms with Gasteiger partial charge < -0.3 is 5.11 Å². The fourth-order valence-corrected chi connectivity index (χ4v) is 0. The Bertz CT molecular complexity index is 4.35. The lowest BCUT2D eigenvalue weighted by molar-refractivity contribution is 0.399. The second-order valence-electron chi connectivity index (χ2n) is 0. The molecule has 0 saturated heterocycles. The van der Waals surface area contributed by atoms with E-state index < -0.39 is 0 Å². The van der Waals surface area contributed by atoms with E-state index in [1.54, 1.807) is 0 Å². The minimum Gasteiger partial charge on any atom is -0.400 e. The molecule has 1 N–H and O–H groups in total. The third-order valence-electron chi connectivity index (χ3n) is 0. The van der Waals surface area contributed by atoms with Crippen molar-refractivity contribution < 1.29 is 5.11 Å². The van der Waals surface area contributed by atoms with Crippen LogP contribution in [0, 0.1) is 0 Å². The largest absolute Gasteiger partial charge is 0.400 e. The van der Waals surface area contributed by atoms with Gasteiger partial charge in [0.05, 0.1) is 0 Å². The summed E-state index contributed by atoms with van der Waals surface area (Å²) in [6.45, 7) is 8.00. The van der Waals surface area contributed by atoms with Crippen molar-refractivity contribution in [3.8, 4) is 0 Å². The Balaban J connectivity index is -0.00000000500. The van der Waals surface area contributed by atoms with E-state index in [0.29, 0.717) is 0 Å². The Hall–Kier alpha value is -0.0400. The van der Waals surface area contributed by atoms with Crippen LogP contribution in [-0.2, 0) is 0 Å². The monoisotopic (exact) mass is 124 g/mol. The van der Waals surface area contributed by atoms with Gasteiger partial charge in [0, 0.05) is 7.11 Å². The third kappa shape index (κ3) is 91600. The van der Waals surface area contributed by atoms with Crippen LogP contribution in [0.5, 0.6) is 0 Å². The summed E-state index contributed by atoms with van der Waals surface area (Å²) in [5.74, 6) is 0. The van der Waals surface area contributed by atoms with Crippen LogP contribution in [0.3, 0.4) is 0 Å². The average Bonchev–Trinajstić information content (AvgIpc) is 1.81. The minimum atomic E-state index is 0. The maximum atomic E-state index is 7.00. The standard InChI is InChI=1S/2C2H6.CH4O.2CH4/c3*1-2;;/h2*1-2H3;2H,1H3;2*1H4. The van der Waals surface area contributed by atoms with Crippen LogP contribution in [0.1, 0.15) is 42.5 Å². The Morgan fingerprint density at radius 3 is 0.625 bits per heavy atom. The molecule has 0 atom stereocenters. The molecule has 0 aromatic carbocycles. The van der Waals surface area contributed by atoms with E-state index in [2.05, 4.69) is 0 Å². The molecular weight excluding hydrogens is 100 g/mol. The predicted octanol–water partition coefficient (Wildman–Crippen LogP) is 2.93. The molecule has 0 aliphatic carbocycles. The molecule has 8 heavy (non-hydrogen) atoms. The molecule has 0 saturated carbocycles. The first kappa shape index (κ1) is 44.0. The Labute approximate surface area is 55.7 Å². The van der Waals surface area contributed by atoms with Gasteiger partial charge in [-0.1, -0.05) is 42.5 Å². The molecule has 0 rings (SSSR count). The number of hydrogen-bond donors (Lipinski definition) is 1. The predicted molar refractivity (Wildman–Crippen MR) is 44.3 cm³/mol. The van der Waals surface area contributed by atoms with E-state index in [-0.39, 0.29) is 14.9 Å². The minimum absolute atomic E-state index is 0. The summed E-state index contributed by atoms with van der Waals surface area (Å²) < 4.78 is 0. The average molecular weight is 124 g/mol. The lowest BCUT2D eigenvalue weighted by Crippen LogP contribution is -1.25. The lowest BCUT2D eigenvalue weighted by Gasteiger charge is -1.21. The number of rotatable bonds is 0. The maximum absolute atomic E-state index is 7.00. The first-order valence-electron chi connectivity index (χ1n) is 2.45. The SMILES string of the molecule is C.C.CC.CC.CO. The van der Waals surface area contributed by atoms with Crippen LogP contribution in [0.4, 0.5) is 0 Å². The maximum Gasteiger partial charge on any atom is 0.0319 e. The quantitative estimate of drug-likeness (QED) is 0.526. The molecule has 1 nitrogen and oxygen atoms in total. The normalized spacial score (nSPS) is 2.25. The molecule has 0 amide bonds. The summed E-state index contributed by atoms with van der Waals surface area (Å²) in [7, 11) is 1.00. The molecule has 0 heterocycles. The van der Waals surface area contributed by atoms with Crippen molar-refractivity contribution in [1.82, 2.24) is 0 Å². The van der Waals surface area contributed by atoms with Crippen LogP contribution in [-0.4, -0.2) is 12.2 Å². The first-order valence-corrected chi connectivity index (χ1v) is 2.45. The van der Waals surface area contributed by atoms with Gasteiger partial charge in [-0.15, -0.1) is 0 Å². The molecule has 0 bridgehead atoms. The highest BCUT2D eigenvalue weighted by atomic mass is 16.2. The topological polar surface area (TPSA) is 20.2 Å². The molecule has 0 unspecified atom stereocenters. The number of hydrogen-bond acceptors (Lipinski definition) is 1. The van der Waals surface area contributed by atoms with E-state index in [1.165, 1.54) is 0 Å². The highest BCUT2D eigenvalue weighted by molar-refractivity contribution is 3.51. The van der Waals surface area contributed by atoms with Crippen molar-refractivity contribution in [3.63, 3.8) is 0 Å². The summed E-state index contributed by atoms with van der Waals surface area (Å²) in [6, 6.07) is 0. The van der Waals surface area contributed by atoms with Gasteiger partial charge in [-0.05, 0) is 0 Å². The second kappa shape index (κ2) is 155000. The molecule has 0 aliphatic rings. The van der Waals surface area contributed by atoms with Crippen molar-refractivity contribution in [2.45, 2.75) is 42.5 Å². The zero-order chi connectivity index (χ0) is 6.00. The smallest absolute Gasteiger partial charge is 0.0319 e. The van der Waals surface area contributed by atoms with Gasteiger partial charge in [-0.3, -0.25) is 0 Å². The van der Waals surface area contributed by atoms with Crippen LogP contribution >= 0.6 is 0 Å². The summed E-state index contributed by atoms with van der Waals surface area (Å²) in [5.41, 5.74) is 0.